The van der Waals surface area contributed by atoms with Gasteiger partial charge < -0.3 is 5.32 Å². The van der Waals surface area contributed by atoms with E-state index in [9.17, 15) is 0 Å². The monoisotopic (exact) mass is 167 g/mol. The zero-order valence-corrected chi connectivity index (χ0v) is 7.36. The summed E-state index contributed by atoms with van der Waals surface area (Å²) in [6.07, 6.45) is 2.64. The molecule has 2 heterocycles. The third-order valence-corrected chi connectivity index (χ3v) is 3.02. The minimum absolute atomic E-state index is 0.954. The lowest BCUT2D eigenvalue weighted by Crippen LogP contribution is -2.41. The van der Waals surface area contributed by atoms with Gasteiger partial charge in [-0.1, -0.05) is 0 Å². The first-order valence-electron chi connectivity index (χ1n) is 4.17. The Hall–Kier alpha value is -0.340. The topological polar surface area (TPSA) is 12.0 Å². The van der Waals surface area contributed by atoms with Gasteiger partial charge in [-0.2, -0.15) is 11.3 Å². The number of thiophene rings is 1. The van der Waals surface area contributed by atoms with Gasteiger partial charge in [-0.05, 0) is 54.2 Å². The second-order valence-corrected chi connectivity index (χ2v) is 3.97. The summed E-state index contributed by atoms with van der Waals surface area (Å²) in [5, 5.41) is 7.71. The third-order valence-electron chi connectivity index (χ3n) is 2.29. The molecule has 1 nitrogen and oxygen atoms in total. The minimum atomic E-state index is 0.954. The lowest BCUT2D eigenvalue weighted by molar-refractivity contribution is 0.328. The highest BCUT2D eigenvalue weighted by Gasteiger charge is 2.15. The summed E-state index contributed by atoms with van der Waals surface area (Å²) in [5.41, 5.74) is 1.52. The van der Waals surface area contributed by atoms with Crippen LogP contribution in [0.4, 0.5) is 0 Å². The van der Waals surface area contributed by atoms with Crippen LogP contribution < -0.4 is 5.32 Å². The normalized spacial score (nSPS) is 18.2. The van der Waals surface area contributed by atoms with Crippen molar-refractivity contribution in [3.8, 4) is 0 Å². The molecule has 0 atom stereocenters. The van der Waals surface area contributed by atoms with Crippen LogP contribution in [0.25, 0.3) is 0 Å². The molecule has 0 amide bonds. The largest absolute Gasteiger partial charge is 0.316 e. The van der Waals surface area contributed by atoms with Crippen LogP contribution in [-0.2, 0) is 6.42 Å². The predicted molar refractivity (Wildman–Crippen MR) is 49.0 cm³/mol. The Morgan fingerprint density at radius 2 is 2.45 bits per heavy atom. The molecule has 60 valence electrons. The first-order valence-corrected chi connectivity index (χ1v) is 5.11. The van der Waals surface area contributed by atoms with Crippen LogP contribution in [0.5, 0.6) is 0 Å². The summed E-state index contributed by atoms with van der Waals surface area (Å²) < 4.78 is 0. The molecule has 0 unspecified atom stereocenters. The lowest BCUT2D eigenvalue weighted by atomic mass is 9.96. The zero-order valence-electron chi connectivity index (χ0n) is 6.55. The summed E-state index contributed by atoms with van der Waals surface area (Å²) in [6, 6.07) is 2.23. The number of hydrogen-bond acceptors (Lipinski definition) is 2. The maximum atomic E-state index is 3.29. The van der Waals surface area contributed by atoms with Crippen molar-refractivity contribution in [2.75, 3.05) is 13.1 Å². The van der Waals surface area contributed by atoms with Crippen LogP contribution in [0.3, 0.4) is 0 Å². The lowest BCUT2D eigenvalue weighted by Gasteiger charge is -2.26. The van der Waals surface area contributed by atoms with Crippen molar-refractivity contribution in [2.45, 2.75) is 12.8 Å². The van der Waals surface area contributed by atoms with Crippen molar-refractivity contribution in [3.05, 3.63) is 22.4 Å². The standard InChI is InChI=1S/C9H13NS/c1(2-9-5-10-6-9)8-3-4-11-7-8/h3-4,7,9-10H,1-2,5-6H2. The van der Waals surface area contributed by atoms with Crippen LogP contribution in [-0.4, -0.2) is 13.1 Å². The zero-order chi connectivity index (χ0) is 7.52. The smallest absolute Gasteiger partial charge is 0.000814 e. The van der Waals surface area contributed by atoms with Gasteiger partial charge in [0.25, 0.3) is 0 Å². The minimum Gasteiger partial charge on any atom is -0.316 e. The Bertz CT molecular complexity index is 201. The average Bonchev–Trinajstić information content (AvgIpc) is 2.36. The van der Waals surface area contributed by atoms with Crippen LogP contribution in [0.2, 0.25) is 0 Å². The highest BCUT2D eigenvalue weighted by atomic mass is 32.1. The molecule has 1 aromatic rings. The average molecular weight is 167 g/mol. The Morgan fingerprint density at radius 1 is 1.55 bits per heavy atom. The molecular weight excluding hydrogens is 154 g/mol. The predicted octanol–water partition coefficient (Wildman–Crippen LogP) is 1.90. The van der Waals surface area contributed by atoms with Crippen molar-refractivity contribution in [2.24, 2.45) is 5.92 Å². The van der Waals surface area contributed by atoms with Gasteiger partial charge >= 0.3 is 0 Å². The molecule has 0 aliphatic carbocycles. The Morgan fingerprint density at radius 3 is 3.00 bits per heavy atom. The molecule has 1 aliphatic rings. The Balaban J connectivity index is 1.74. The quantitative estimate of drug-likeness (QED) is 0.725. The molecule has 1 N–H and O–H groups in total. The molecule has 1 saturated heterocycles. The van der Waals surface area contributed by atoms with E-state index in [1.165, 1.54) is 31.5 Å². The van der Waals surface area contributed by atoms with Gasteiger partial charge in [-0.15, -0.1) is 0 Å². The fourth-order valence-corrected chi connectivity index (χ4v) is 2.06. The molecule has 0 bridgehead atoms. The van der Waals surface area contributed by atoms with E-state index in [0.29, 0.717) is 0 Å². The molecule has 1 fully saturated rings. The highest BCUT2D eigenvalue weighted by molar-refractivity contribution is 7.07. The number of nitrogens with one attached hydrogen (secondary N) is 1. The molecule has 0 saturated carbocycles. The van der Waals surface area contributed by atoms with E-state index in [2.05, 4.69) is 22.1 Å². The molecule has 2 heteroatoms. The molecule has 0 spiro atoms. The summed E-state index contributed by atoms with van der Waals surface area (Å²) in [6.45, 7) is 2.48. The van der Waals surface area contributed by atoms with Crippen molar-refractivity contribution >= 4 is 11.3 Å². The summed E-state index contributed by atoms with van der Waals surface area (Å²) in [5.74, 6) is 0.954. The van der Waals surface area contributed by atoms with E-state index in [1.807, 2.05) is 0 Å². The van der Waals surface area contributed by atoms with E-state index in [1.54, 1.807) is 11.3 Å². The second-order valence-electron chi connectivity index (χ2n) is 3.19. The van der Waals surface area contributed by atoms with Gasteiger partial charge in [-0.3, -0.25) is 0 Å². The summed E-state index contributed by atoms with van der Waals surface area (Å²) in [7, 11) is 0. The van der Waals surface area contributed by atoms with Crippen molar-refractivity contribution in [1.29, 1.82) is 0 Å². The number of hydrogen-bond donors (Lipinski definition) is 1. The SMILES string of the molecule is c1cc(CCC2CNC2)cs1. The van der Waals surface area contributed by atoms with Gasteiger partial charge in [0.15, 0.2) is 0 Å². The van der Waals surface area contributed by atoms with E-state index >= 15 is 0 Å². The molecule has 0 aromatic carbocycles. The Kier molecular flexibility index (Phi) is 2.24. The third kappa shape index (κ3) is 1.82. The fourth-order valence-electron chi connectivity index (χ4n) is 1.36. The number of aryl methyl sites for hydroxylation is 1. The van der Waals surface area contributed by atoms with Gasteiger partial charge in [0, 0.05) is 0 Å². The first-order chi connectivity index (χ1) is 5.45. The molecule has 11 heavy (non-hydrogen) atoms. The van der Waals surface area contributed by atoms with Crippen LogP contribution in [0, 0.1) is 5.92 Å². The van der Waals surface area contributed by atoms with E-state index < -0.39 is 0 Å². The van der Waals surface area contributed by atoms with Crippen LogP contribution in [0.1, 0.15) is 12.0 Å². The Labute approximate surface area is 71.4 Å². The van der Waals surface area contributed by atoms with Crippen molar-refractivity contribution in [1.82, 2.24) is 5.32 Å². The van der Waals surface area contributed by atoms with E-state index in [4.69, 9.17) is 0 Å². The molecule has 1 aromatic heterocycles. The summed E-state index contributed by atoms with van der Waals surface area (Å²) >= 11 is 1.80. The van der Waals surface area contributed by atoms with Gasteiger partial charge in [0.05, 0.1) is 0 Å². The molecule has 1 aliphatic heterocycles. The van der Waals surface area contributed by atoms with Crippen LogP contribution in [0.15, 0.2) is 16.8 Å². The summed E-state index contributed by atoms with van der Waals surface area (Å²) in [4.78, 5) is 0. The molecule has 0 radical (unpaired) electrons. The highest BCUT2D eigenvalue weighted by Crippen LogP contribution is 2.14. The van der Waals surface area contributed by atoms with Gasteiger partial charge in [0.1, 0.15) is 0 Å². The van der Waals surface area contributed by atoms with E-state index in [-0.39, 0.29) is 0 Å². The van der Waals surface area contributed by atoms with Crippen molar-refractivity contribution < 1.29 is 0 Å². The second kappa shape index (κ2) is 3.37. The fraction of sp³-hybridized carbons (Fsp3) is 0.556. The maximum absolute atomic E-state index is 3.29. The van der Waals surface area contributed by atoms with Gasteiger partial charge in [-0.25, -0.2) is 0 Å². The van der Waals surface area contributed by atoms with Crippen LogP contribution >= 0.6 is 11.3 Å². The molecular formula is C9H13NS. The first kappa shape index (κ1) is 7.32. The van der Waals surface area contributed by atoms with Gasteiger partial charge in [0.2, 0.25) is 0 Å². The maximum Gasteiger partial charge on any atom is -0.000814 e. The van der Waals surface area contributed by atoms with Crippen molar-refractivity contribution in [3.63, 3.8) is 0 Å². The molecule has 2 rings (SSSR count). The van der Waals surface area contributed by atoms with E-state index in [0.717, 1.165) is 5.92 Å². The number of rotatable bonds is 3.